The van der Waals surface area contributed by atoms with Crippen molar-refractivity contribution >= 4 is 54.0 Å². The fourth-order valence-corrected chi connectivity index (χ4v) is 33.0. The van der Waals surface area contributed by atoms with E-state index in [0.717, 1.165) is 0 Å². The van der Waals surface area contributed by atoms with Crippen molar-refractivity contribution in [2.75, 3.05) is 0 Å². The van der Waals surface area contributed by atoms with Gasteiger partial charge in [-0.2, -0.15) is 0 Å². The van der Waals surface area contributed by atoms with Crippen LogP contribution in [0, 0.1) is 0 Å². The van der Waals surface area contributed by atoms with Crippen LogP contribution in [0.15, 0.2) is 48.5 Å². The standard InChI is InChI=1S/C30H36O3Si4/c1-34(2)27-23-24(28-30(29(27)36(5,6)32-34)37(7,8)33-35(28,3)4)26-22-20-16-12-10-14-18(20)17-13-9-11-15-19(17)21(22)25(23)31-26/h9-16,21-22,25-26H,1-8H3/t21-,22+,25-,26+. The van der Waals surface area contributed by atoms with Gasteiger partial charge in [0.2, 0.25) is 33.3 Å². The molecule has 0 amide bonds. The molecule has 1 fully saturated rings. The zero-order chi connectivity index (χ0) is 25.9. The second-order valence-electron chi connectivity index (χ2n) is 13.8. The molecule has 37 heavy (non-hydrogen) atoms. The number of hydrogen-bond acceptors (Lipinski definition) is 3. The van der Waals surface area contributed by atoms with Crippen LogP contribution in [0.2, 0.25) is 52.4 Å². The Morgan fingerprint density at radius 1 is 0.486 bits per heavy atom. The highest BCUT2D eigenvalue weighted by molar-refractivity contribution is 7.14. The Morgan fingerprint density at radius 3 is 1.24 bits per heavy atom. The average Bonchev–Trinajstić information content (AvgIpc) is 3.48. The molecule has 2 bridgehead atoms. The van der Waals surface area contributed by atoms with Gasteiger partial charge in [0.1, 0.15) is 0 Å². The summed E-state index contributed by atoms with van der Waals surface area (Å²) in [5.41, 5.74) is 8.80. The molecule has 3 nitrogen and oxygen atoms in total. The molecule has 1 aliphatic carbocycles. The quantitative estimate of drug-likeness (QED) is 0.362. The van der Waals surface area contributed by atoms with Crippen LogP contribution in [-0.4, -0.2) is 33.3 Å². The molecule has 190 valence electrons. The molecular formula is C30H36O3Si4. The van der Waals surface area contributed by atoms with Gasteiger partial charge in [0.05, 0.1) is 12.2 Å². The molecule has 5 aliphatic rings. The summed E-state index contributed by atoms with van der Waals surface area (Å²) in [5, 5.41) is 6.47. The van der Waals surface area contributed by atoms with E-state index in [4.69, 9.17) is 13.0 Å². The Labute approximate surface area is 224 Å². The summed E-state index contributed by atoms with van der Waals surface area (Å²) in [6.45, 7) is 19.6. The SMILES string of the molecule is C[Si]1(C)O[Si](C)(C)c2c1c1c(c3c2[Si](C)(C)O[Si]3(C)C)[C@@H]2O[C@H]1[C@H]1c3ccccc3-c3ccccc3[C@H]12. The number of rotatable bonds is 0. The van der Waals surface area contributed by atoms with Gasteiger partial charge in [-0.05, 0) is 107 Å². The summed E-state index contributed by atoms with van der Waals surface area (Å²) in [6.07, 6.45) is 0.207. The molecule has 4 atom stereocenters. The molecule has 0 N–H and O–H groups in total. The molecule has 4 heterocycles. The van der Waals surface area contributed by atoms with Gasteiger partial charge in [-0.25, -0.2) is 0 Å². The molecular weight excluding hydrogens is 521 g/mol. The molecule has 4 aliphatic heterocycles. The first-order valence-electron chi connectivity index (χ1n) is 13.8. The van der Waals surface area contributed by atoms with Gasteiger partial charge in [-0.3, -0.25) is 0 Å². The third-order valence-corrected chi connectivity index (χ3v) is 25.6. The lowest BCUT2D eigenvalue weighted by Crippen LogP contribution is -2.66. The van der Waals surface area contributed by atoms with Crippen molar-refractivity contribution in [3.8, 4) is 11.1 Å². The first-order chi connectivity index (χ1) is 17.4. The van der Waals surface area contributed by atoms with E-state index in [9.17, 15) is 0 Å². The van der Waals surface area contributed by atoms with Crippen LogP contribution in [-0.2, 0) is 13.0 Å². The zero-order valence-corrected chi connectivity index (χ0v) is 27.2. The number of hydrogen-bond donors (Lipinski definition) is 0. The Hall–Kier alpha value is -1.59. The van der Waals surface area contributed by atoms with Crippen LogP contribution in [0.25, 0.3) is 11.1 Å². The molecule has 0 saturated carbocycles. The van der Waals surface area contributed by atoms with Crippen LogP contribution in [0.1, 0.15) is 46.3 Å². The number of benzene rings is 3. The Bertz CT molecular complexity index is 1440. The molecule has 3 aromatic rings. The van der Waals surface area contributed by atoms with Gasteiger partial charge in [0.15, 0.2) is 0 Å². The molecule has 1 saturated heterocycles. The highest BCUT2D eigenvalue weighted by atomic mass is 28.4. The van der Waals surface area contributed by atoms with E-state index in [0.29, 0.717) is 11.8 Å². The Balaban J connectivity index is 1.51. The maximum atomic E-state index is 7.24. The van der Waals surface area contributed by atoms with E-state index in [2.05, 4.69) is 101 Å². The van der Waals surface area contributed by atoms with Crippen molar-refractivity contribution in [2.24, 2.45) is 0 Å². The van der Waals surface area contributed by atoms with Gasteiger partial charge in [-0.1, -0.05) is 48.5 Å². The highest BCUT2D eigenvalue weighted by Crippen LogP contribution is 2.68. The molecule has 0 aromatic heterocycles. The fourth-order valence-electron chi connectivity index (χ4n) is 9.29. The van der Waals surface area contributed by atoms with E-state index < -0.39 is 33.3 Å². The fraction of sp³-hybridized carbons (Fsp3) is 0.400. The lowest BCUT2D eigenvalue weighted by Gasteiger charge is -2.40. The maximum absolute atomic E-state index is 7.24. The second-order valence-corrected chi connectivity index (χ2v) is 29.5. The summed E-state index contributed by atoms with van der Waals surface area (Å²) in [5.74, 6) is 0.719. The third-order valence-electron chi connectivity index (χ3n) is 9.84. The molecule has 0 spiro atoms. The molecule has 3 aromatic carbocycles. The van der Waals surface area contributed by atoms with Crippen molar-refractivity contribution in [1.82, 2.24) is 0 Å². The second kappa shape index (κ2) is 6.75. The highest BCUT2D eigenvalue weighted by Gasteiger charge is 2.65. The molecule has 8 rings (SSSR count). The van der Waals surface area contributed by atoms with E-state index in [1.54, 1.807) is 31.9 Å². The molecule has 7 heteroatoms. The van der Waals surface area contributed by atoms with E-state index >= 15 is 0 Å². The largest absolute Gasteiger partial charge is 0.449 e. The van der Waals surface area contributed by atoms with Gasteiger partial charge in [-0.15, -0.1) is 0 Å². The molecule has 0 radical (unpaired) electrons. The van der Waals surface area contributed by atoms with Gasteiger partial charge in [0, 0.05) is 11.8 Å². The first-order valence-corrected chi connectivity index (χ1v) is 25.5. The van der Waals surface area contributed by atoms with Crippen LogP contribution >= 0.6 is 0 Å². The minimum absolute atomic E-state index is 0.104. The lowest BCUT2D eigenvalue weighted by atomic mass is 9.64. The third kappa shape index (κ3) is 2.67. The van der Waals surface area contributed by atoms with Crippen LogP contribution in [0.3, 0.4) is 0 Å². The number of ether oxygens (including phenoxy) is 1. The maximum Gasteiger partial charge on any atom is 0.206 e. The predicted octanol–water partition coefficient (Wildman–Crippen LogP) is 5.07. The zero-order valence-electron chi connectivity index (χ0n) is 23.2. The topological polar surface area (TPSA) is 27.7 Å². The Morgan fingerprint density at radius 2 is 0.838 bits per heavy atom. The number of fused-ring (bicyclic) bond motifs is 18. The summed E-state index contributed by atoms with van der Waals surface area (Å²) in [4.78, 5) is 0. The van der Waals surface area contributed by atoms with Crippen LogP contribution in [0.4, 0.5) is 0 Å². The van der Waals surface area contributed by atoms with Crippen molar-refractivity contribution in [1.29, 1.82) is 0 Å². The van der Waals surface area contributed by atoms with E-state index in [1.807, 2.05) is 0 Å². The van der Waals surface area contributed by atoms with Crippen molar-refractivity contribution < 1.29 is 13.0 Å². The van der Waals surface area contributed by atoms with Gasteiger partial charge in [0.25, 0.3) is 0 Å². The summed E-state index contributed by atoms with van der Waals surface area (Å²) in [7, 11) is -8.33. The summed E-state index contributed by atoms with van der Waals surface area (Å²) >= 11 is 0. The minimum Gasteiger partial charge on any atom is -0.449 e. The predicted molar refractivity (Wildman–Crippen MR) is 161 cm³/mol. The van der Waals surface area contributed by atoms with E-state index in [-0.39, 0.29) is 12.2 Å². The van der Waals surface area contributed by atoms with Gasteiger partial charge < -0.3 is 13.0 Å². The molecule has 0 unspecified atom stereocenters. The average molecular weight is 557 g/mol. The summed E-state index contributed by atoms with van der Waals surface area (Å²) < 4.78 is 21.6. The summed E-state index contributed by atoms with van der Waals surface area (Å²) in [6, 6.07) is 18.2. The van der Waals surface area contributed by atoms with Crippen molar-refractivity contribution in [2.45, 2.75) is 76.4 Å². The van der Waals surface area contributed by atoms with Crippen LogP contribution in [0.5, 0.6) is 0 Å². The van der Waals surface area contributed by atoms with Gasteiger partial charge >= 0.3 is 0 Å². The van der Waals surface area contributed by atoms with E-state index in [1.165, 1.54) is 22.3 Å². The first kappa shape index (κ1) is 23.3. The van der Waals surface area contributed by atoms with Crippen molar-refractivity contribution in [3.63, 3.8) is 0 Å². The normalized spacial score (nSPS) is 31.2. The van der Waals surface area contributed by atoms with Crippen molar-refractivity contribution in [3.05, 3.63) is 70.8 Å². The lowest BCUT2D eigenvalue weighted by molar-refractivity contribution is 0.0649. The monoisotopic (exact) mass is 556 g/mol. The van der Waals surface area contributed by atoms with Crippen LogP contribution < -0.4 is 20.7 Å². The smallest absolute Gasteiger partial charge is 0.206 e. The Kier molecular flexibility index (Phi) is 4.25. The minimum atomic E-state index is -2.10.